The van der Waals surface area contributed by atoms with Crippen LogP contribution in [-0.4, -0.2) is 39.2 Å². The summed E-state index contributed by atoms with van der Waals surface area (Å²) in [6.07, 6.45) is 9.35. The highest BCUT2D eigenvalue weighted by atomic mass is 16.5. The fourth-order valence-electron chi connectivity index (χ4n) is 3.16. The number of nitrogens with zero attached hydrogens (tertiary/aromatic N) is 2. The molecule has 142 valence electrons. The molecule has 0 aromatic carbocycles. The molecular formula is C20H29N3O3. The van der Waals surface area contributed by atoms with Crippen LogP contribution in [0.5, 0.6) is 5.88 Å². The van der Waals surface area contributed by atoms with Crippen molar-refractivity contribution >= 4 is 5.91 Å². The summed E-state index contributed by atoms with van der Waals surface area (Å²) in [5.74, 6) is 1.89. The minimum atomic E-state index is -0.967. The van der Waals surface area contributed by atoms with Gasteiger partial charge in [-0.05, 0) is 57.8 Å². The summed E-state index contributed by atoms with van der Waals surface area (Å²) in [4.78, 5) is 21.7. The van der Waals surface area contributed by atoms with Crippen LogP contribution in [0.1, 0.15) is 80.9 Å². The quantitative estimate of drug-likeness (QED) is 0.708. The van der Waals surface area contributed by atoms with Crippen molar-refractivity contribution in [2.75, 3.05) is 6.61 Å². The lowest BCUT2D eigenvalue weighted by Crippen LogP contribution is -2.49. The van der Waals surface area contributed by atoms with E-state index in [4.69, 9.17) is 4.74 Å². The van der Waals surface area contributed by atoms with E-state index < -0.39 is 5.60 Å². The number of hydrogen-bond acceptors (Lipinski definition) is 5. The summed E-state index contributed by atoms with van der Waals surface area (Å²) < 4.78 is 5.90. The second-order valence-corrected chi connectivity index (χ2v) is 8.83. The van der Waals surface area contributed by atoms with Crippen LogP contribution in [0.4, 0.5) is 0 Å². The van der Waals surface area contributed by atoms with E-state index in [9.17, 15) is 9.90 Å². The molecule has 1 amide bonds. The first-order chi connectivity index (χ1) is 12.4. The molecule has 0 unspecified atom stereocenters. The zero-order valence-electron chi connectivity index (χ0n) is 15.7. The molecule has 0 aliphatic heterocycles. The fraction of sp³-hybridized carbons (Fsp3) is 0.750. The van der Waals surface area contributed by atoms with Gasteiger partial charge in [-0.2, -0.15) is 0 Å². The number of rotatable bonds is 9. The Labute approximate surface area is 154 Å². The van der Waals surface area contributed by atoms with E-state index in [0.717, 1.165) is 25.0 Å². The van der Waals surface area contributed by atoms with Crippen molar-refractivity contribution in [3.05, 3.63) is 17.6 Å². The molecule has 1 atom stereocenters. The number of hydrogen-bond donors (Lipinski definition) is 2. The first kappa shape index (κ1) is 17.7. The Balaban J connectivity index is 1.47. The maximum Gasteiger partial charge on any atom is 0.271 e. The number of aliphatic hydroxyl groups is 1. The van der Waals surface area contributed by atoms with E-state index in [1.54, 1.807) is 20.0 Å². The number of amides is 1. The maximum absolute atomic E-state index is 12.7. The van der Waals surface area contributed by atoms with Gasteiger partial charge in [0.05, 0.1) is 24.4 Å². The molecule has 2 N–H and O–H groups in total. The first-order valence-electron chi connectivity index (χ1n) is 9.93. The van der Waals surface area contributed by atoms with E-state index >= 15 is 0 Å². The van der Waals surface area contributed by atoms with Crippen LogP contribution in [0.25, 0.3) is 0 Å². The number of ether oxygens (including phenoxy) is 1. The molecule has 1 heterocycles. The Bertz CT molecular complexity index is 673. The Kier molecular flexibility index (Phi) is 4.63. The standard InChI is InChI=1S/C20H29N3O3/c1-20(2,25)16(9-12-3-4-12)23-18(24)15-10-21-17(14-7-8-14)19(22-15)26-11-13-5-6-13/h10,12-14,16,25H,3-9,11H2,1-2H3,(H,23,24)/t16-/m0/s1. The van der Waals surface area contributed by atoms with E-state index in [-0.39, 0.29) is 17.6 Å². The molecule has 0 saturated heterocycles. The third-order valence-electron chi connectivity index (χ3n) is 5.54. The summed E-state index contributed by atoms with van der Waals surface area (Å²) in [7, 11) is 0. The molecule has 3 aliphatic rings. The van der Waals surface area contributed by atoms with Crippen molar-refractivity contribution in [1.82, 2.24) is 15.3 Å². The van der Waals surface area contributed by atoms with Crippen LogP contribution >= 0.6 is 0 Å². The molecule has 1 aromatic rings. The predicted molar refractivity (Wildman–Crippen MR) is 97.1 cm³/mol. The highest BCUT2D eigenvalue weighted by molar-refractivity contribution is 5.92. The molecule has 3 fully saturated rings. The van der Waals surface area contributed by atoms with Crippen molar-refractivity contribution in [2.45, 2.75) is 76.4 Å². The van der Waals surface area contributed by atoms with Crippen molar-refractivity contribution in [1.29, 1.82) is 0 Å². The lowest BCUT2D eigenvalue weighted by atomic mass is 9.93. The van der Waals surface area contributed by atoms with Gasteiger partial charge in [0, 0.05) is 5.92 Å². The molecular weight excluding hydrogens is 330 g/mol. The lowest BCUT2D eigenvalue weighted by Gasteiger charge is -2.30. The molecule has 26 heavy (non-hydrogen) atoms. The first-order valence-corrected chi connectivity index (χ1v) is 9.93. The molecule has 0 spiro atoms. The van der Waals surface area contributed by atoms with Gasteiger partial charge < -0.3 is 15.2 Å². The number of nitrogens with one attached hydrogen (secondary N) is 1. The minimum Gasteiger partial charge on any atom is -0.476 e. The summed E-state index contributed by atoms with van der Waals surface area (Å²) in [6, 6.07) is -0.289. The SMILES string of the molecule is CC(C)(O)[C@H](CC1CC1)NC(=O)c1cnc(C2CC2)c(OCC2CC2)n1. The highest BCUT2D eigenvalue weighted by Crippen LogP contribution is 2.43. The van der Waals surface area contributed by atoms with Gasteiger partial charge in [0.2, 0.25) is 5.88 Å². The van der Waals surface area contributed by atoms with Crippen LogP contribution in [0.2, 0.25) is 0 Å². The zero-order valence-corrected chi connectivity index (χ0v) is 15.7. The Morgan fingerprint density at radius 2 is 1.96 bits per heavy atom. The van der Waals surface area contributed by atoms with Gasteiger partial charge in [0.25, 0.3) is 5.91 Å². The number of carbonyl (C=O) groups excluding carboxylic acids is 1. The molecule has 1 aromatic heterocycles. The van der Waals surface area contributed by atoms with Crippen LogP contribution in [-0.2, 0) is 0 Å². The Morgan fingerprint density at radius 1 is 1.27 bits per heavy atom. The molecule has 0 bridgehead atoms. The van der Waals surface area contributed by atoms with Gasteiger partial charge in [-0.3, -0.25) is 9.78 Å². The van der Waals surface area contributed by atoms with E-state index in [2.05, 4.69) is 15.3 Å². The summed E-state index contributed by atoms with van der Waals surface area (Å²) in [5.41, 5.74) is 0.190. The van der Waals surface area contributed by atoms with Gasteiger partial charge in [-0.1, -0.05) is 12.8 Å². The van der Waals surface area contributed by atoms with Gasteiger partial charge in [-0.15, -0.1) is 0 Å². The second kappa shape index (κ2) is 6.80. The predicted octanol–water partition coefficient (Wildman–Crippen LogP) is 2.81. The highest BCUT2D eigenvalue weighted by Gasteiger charge is 2.35. The average molecular weight is 359 g/mol. The number of aromatic nitrogens is 2. The van der Waals surface area contributed by atoms with Crippen LogP contribution in [0.15, 0.2) is 6.20 Å². The van der Waals surface area contributed by atoms with Crippen molar-refractivity contribution in [3.8, 4) is 5.88 Å². The van der Waals surface area contributed by atoms with Crippen LogP contribution in [0, 0.1) is 11.8 Å². The Morgan fingerprint density at radius 3 is 2.54 bits per heavy atom. The Hall–Kier alpha value is -1.69. The topological polar surface area (TPSA) is 84.3 Å². The maximum atomic E-state index is 12.7. The largest absolute Gasteiger partial charge is 0.476 e. The van der Waals surface area contributed by atoms with Gasteiger partial charge in [0.15, 0.2) is 0 Å². The average Bonchev–Trinajstić information content (AvgIpc) is 3.46. The molecule has 3 aliphatic carbocycles. The third kappa shape index (κ3) is 4.53. The molecule has 4 rings (SSSR count). The van der Waals surface area contributed by atoms with Crippen LogP contribution in [0.3, 0.4) is 0 Å². The smallest absolute Gasteiger partial charge is 0.271 e. The zero-order chi connectivity index (χ0) is 18.3. The van der Waals surface area contributed by atoms with Gasteiger partial charge >= 0.3 is 0 Å². The summed E-state index contributed by atoms with van der Waals surface area (Å²) in [5, 5.41) is 13.4. The van der Waals surface area contributed by atoms with Crippen molar-refractivity contribution < 1.29 is 14.6 Å². The summed E-state index contributed by atoms with van der Waals surface area (Å²) >= 11 is 0. The van der Waals surface area contributed by atoms with Crippen molar-refractivity contribution in [3.63, 3.8) is 0 Å². The van der Waals surface area contributed by atoms with Crippen LogP contribution < -0.4 is 10.1 Å². The summed E-state index contributed by atoms with van der Waals surface area (Å²) in [6.45, 7) is 4.15. The van der Waals surface area contributed by atoms with E-state index in [1.165, 1.54) is 25.7 Å². The van der Waals surface area contributed by atoms with Gasteiger partial charge in [0.1, 0.15) is 11.4 Å². The molecule has 6 heteroatoms. The third-order valence-corrected chi connectivity index (χ3v) is 5.54. The van der Waals surface area contributed by atoms with E-state index in [1.807, 2.05) is 0 Å². The van der Waals surface area contributed by atoms with E-state index in [0.29, 0.717) is 30.2 Å². The lowest BCUT2D eigenvalue weighted by molar-refractivity contribution is 0.0301. The molecule has 0 radical (unpaired) electrons. The molecule has 6 nitrogen and oxygen atoms in total. The monoisotopic (exact) mass is 359 g/mol. The number of carbonyl (C=O) groups is 1. The van der Waals surface area contributed by atoms with Gasteiger partial charge in [-0.25, -0.2) is 4.98 Å². The fourth-order valence-corrected chi connectivity index (χ4v) is 3.16. The van der Waals surface area contributed by atoms with Crippen molar-refractivity contribution in [2.24, 2.45) is 11.8 Å². The normalized spacial score (nSPS) is 21.3. The minimum absolute atomic E-state index is 0.269. The second-order valence-electron chi connectivity index (χ2n) is 8.83. The molecule has 3 saturated carbocycles.